The van der Waals surface area contributed by atoms with Crippen molar-refractivity contribution in [2.24, 2.45) is 5.92 Å². The first-order valence-electron chi connectivity index (χ1n) is 16.9. The Labute approximate surface area is 303 Å². The lowest BCUT2D eigenvalue weighted by Gasteiger charge is -2.36. The molecule has 0 fully saturated rings. The van der Waals surface area contributed by atoms with Gasteiger partial charge in [-0.25, -0.2) is 4.79 Å². The number of rotatable bonds is 8. The molecule has 3 aromatic rings. The Morgan fingerprint density at radius 2 is 1.70 bits per heavy atom. The van der Waals surface area contributed by atoms with Crippen molar-refractivity contribution in [2.75, 3.05) is 50.8 Å². The number of nitrogens with one attached hydrogen (secondary N) is 2. The van der Waals surface area contributed by atoms with Gasteiger partial charge in [-0.15, -0.1) is 0 Å². The minimum atomic E-state index is -0.497. The maximum Gasteiger partial charge on any atom is 0.323 e. The molecule has 11 nitrogen and oxygen atoms in total. The van der Waals surface area contributed by atoms with Crippen LogP contribution in [0.4, 0.5) is 16.2 Å². The van der Waals surface area contributed by atoms with E-state index in [1.165, 1.54) is 0 Å². The van der Waals surface area contributed by atoms with Crippen molar-refractivity contribution in [1.82, 2.24) is 9.80 Å². The number of amides is 3. The van der Waals surface area contributed by atoms with E-state index in [2.05, 4.69) is 22.5 Å². The van der Waals surface area contributed by atoms with Gasteiger partial charge in [-0.3, -0.25) is 9.69 Å². The van der Waals surface area contributed by atoms with E-state index in [-0.39, 0.29) is 43.0 Å². The zero-order chi connectivity index (χ0) is 35.8. The van der Waals surface area contributed by atoms with Crippen molar-refractivity contribution in [1.29, 1.82) is 0 Å². The van der Waals surface area contributed by atoms with E-state index in [4.69, 9.17) is 42.1 Å². The molecule has 270 valence electrons. The van der Waals surface area contributed by atoms with E-state index < -0.39 is 12.1 Å². The van der Waals surface area contributed by atoms with Gasteiger partial charge in [0.25, 0.3) is 5.91 Å². The monoisotopic (exact) mass is 728 g/mol. The van der Waals surface area contributed by atoms with Gasteiger partial charge in [0.15, 0.2) is 11.5 Å². The standard InChI is InChI=1S/C37H46Cl2N4O7/c1-23-18-43(24(2)21-44)36(45)29-16-27(40-37(46)41-28-10-13-33-34(17-28)49-22-48-33)9-12-32(29)50-25(3)7-5-6-14-47-35(23)20-42(4)19-26-8-11-30(38)31(39)15-26/h8-13,15-17,23-25,35,44H,5-7,14,18-22H2,1-4H3,(H2,40,41,46)/t23-,24-,25+,35+/m0/s1. The van der Waals surface area contributed by atoms with Crippen LogP contribution in [0.5, 0.6) is 17.2 Å². The van der Waals surface area contributed by atoms with Crippen LogP contribution in [0, 0.1) is 5.92 Å². The van der Waals surface area contributed by atoms with Crippen LogP contribution in [-0.4, -0.2) is 85.2 Å². The maximum atomic E-state index is 14.4. The summed E-state index contributed by atoms with van der Waals surface area (Å²) in [6, 6.07) is 14.8. The molecule has 3 N–H and O–H groups in total. The lowest BCUT2D eigenvalue weighted by Crippen LogP contribution is -2.47. The van der Waals surface area contributed by atoms with Crippen molar-refractivity contribution in [3.05, 3.63) is 75.8 Å². The summed E-state index contributed by atoms with van der Waals surface area (Å²) in [5.74, 6) is 1.16. The fourth-order valence-corrected chi connectivity index (χ4v) is 6.37. The number of carbonyl (C=O) groups is 2. The average Bonchev–Trinajstić information content (AvgIpc) is 3.55. The largest absolute Gasteiger partial charge is 0.490 e. The molecule has 5 rings (SSSR count). The Hall–Kier alpha value is -3.74. The first-order valence-corrected chi connectivity index (χ1v) is 17.7. The second-order valence-electron chi connectivity index (χ2n) is 13.1. The topological polar surface area (TPSA) is 122 Å². The maximum absolute atomic E-state index is 14.4. The summed E-state index contributed by atoms with van der Waals surface area (Å²) in [7, 11) is 2.02. The number of likely N-dealkylation sites (N-methyl/N-ethyl adjacent to an activating group) is 1. The molecule has 2 aliphatic rings. The van der Waals surface area contributed by atoms with Gasteiger partial charge in [0.05, 0.1) is 40.5 Å². The van der Waals surface area contributed by atoms with Crippen LogP contribution < -0.4 is 24.8 Å². The molecule has 3 aromatic carbocycles. The molecule has 0 saturated heterocycles. The smallest absolute Gasteiger partial charge is 0.323 e. The van der Waals surface area contributed by atoms with E-state index in [0.29, 0.717) is 64.9 Å². The molecule has 0 aromatic heterocycles. The molecule has 0 bridgehead atoms. The van der Waals surface area contributed by atoms with E-state index in [1.54, 1.807) is 47.4 Å². The number of fused-ring (bicyclic) bond motifs is 2. The molecule has 0 radical (unpaired) electrons. The number of aliphatic hydroxyl groups is 1. The second-order valence-corrected chi connectivity index (χ2v) is 13.9. The number of hydrogen-bond donors (Lipinski definition) is 3. The molecule has 0 saturated carbocycles. The molecule has 2 heterocycles. The fourth-order valence-electron chi connectivity index (χ4n) is 6.05. The summed E-state index contributed by atoms with van der Waals surface area (Å²) >= 11 is 12.4. The van der Waals surface area contributed by atoms with E-state index in [9.17, 15) is 14.7 Å². The molecule has 13 heteroatoms. The highest BCUT2D eigenvalue weighted by Gasteiger charge is 2.30. The van der Waals surface area contributed by atoms with E-state index in [1.807, 2.05) is 33.0 Å². The second kappa shape index (κ2) is 17.5. The van der Waals surface area contributed by atoms with Gasteiger partial charge in [-0.2, -0.15) is 0 Å². The Morgan fingerprint density at radius 1 is 0.980 bits per heavy atom. The number of carbonyl (C=O) groups excluding carboxylic acids is 2. The predicted octanol–water partition coefficient (Wildman–Crippen LogP) is 7.29. The van der Waals surface area contributed by atoms with Crippen LogP contribution in [0.2, 0.25) is 10.0 Å². The van der Waals surface area contributed by atoms with Crippen molar-refractivity contribution < 1.29 is 33.6 Å². The summed E-state index contributed by atoms with van der Waals surface area (Å²) in [4.78, 5) is 31.3. The molecule has 0 aliphatic carbocycles. The van der Waals surface area contributed by atoms with Gasteiger partial charge in [0, 0.05) is 49.6 Å². The van der Waals surface area contributed by atoms with E-state index >= 15 is 0 Å². The minimum absolute atomic E-state index is 0.0933. The van der Waals surface area contributed by atoms with Gasteiger partial charge in [0.1, 0.15) is 5.75 Å². The zero-order valence-corrected chi connectivity index (χ0v) is 30.4. The van der Waals surface area contributed by atoms with Crippen LogP contribution in [0.25, 0.3) is 0 Å². The number of benzene rings is 3. The lowest BCUT2D eigenvalue weighted by atomic mass is 10.0. The summed E-state index contributed by atoms with van der Waals surface area (Å²) in [6.07, 6.45) is 2.14. The Bertz CT molecular complexity index is 1640. The third kappa shape index (κ3) is 9.95. The molecule has 2 aliphatic heterocycles. The first kappa shape index (κ1) is 37.5. The number of hydrogen-bond acceptors (Lipinski definition) is 8. The van der Waals surface area contributed by atoms with Crippen LogP contribution in [0.3, 0.4) is 0 Å². The van der Waals surface area contributed by atoms with Gasteiger partial charge in [0.2, 0.25) is 6.79 Å². The zero-order valence-electron chi connectivity index (χ0n) is 28.9. The third-order valence-electron chi connectivity index (χ3n) is 8.87. The Balaban J connectivity index is 1.36. The number of ether oxygens (including phenoxy) is 4. The number of urea groups is 1. The van der Waals surface area contributed by atoms with Crippen LogP contribution >= 0.6 is 23.2 Å². The fraction of sp³-hybridized carbons (Fsp3) is 0.459. The van der Waals surface area contributed by atoms with Crippen molar-refractivity contribution >= 4 is 46.5 Å². The van der Waals surface area contributed by atoms with Gasteiger partial charge < -0.3 is 39.6 Å². The summed E-state index contributed by atoms with van der Waals surface area (Å²) in [6.45, 7) is 7.89. The summed E-state index contributed by atoms with van der Waals surface area (Å²) in [5, 5.41) is 16.9. The summed E-state index contributed by atoms with van der Waals surface area (Å²) in [5.41, 5.74) is 2.24. The molecule has 4 atom stereocenters. The minimum Gasteiger partial charge on any atom is -0.490 e. The number of halogens is 2. The normalized spacial score (nSPS) is 20.4. The molecule has 50 heavy (non-hydrogen) atoms. The quantitative estimate of drug-likeness (QED) is 0.221. The number of anilines is 2. The van der Waals surface area contributed by atoms with Gasteiger partial charge in [-0.1, -0.05) is 36.2 Å². The van der Waals surface area contributed by atoms with Gasteiger partial charge in [-0.05, 0) is 88.2 Å². The van der Waals surface area contributed by atoms with Crippen LogP contribution in [0.15, 0.2) is 54.6 Å². The molecular weight excluding hydrogens is 683 g/mol. The molecular formula is C37H46Cl2N4O7. The summed E-state index contributed by atoms with van der Waals surface area (Å²) < 4.78 is 23.6. The van der Waals surface area contributed by atoms with Crippen molar-refractivity contribution in [3.63, 3.8) is 0 Å². The molecule has 0 spiro atoms. The SMILES string of the molecule is C[C@@H]1CCCCO[C@H](CN(C)Cc2ccc(Cl)c(Cl)c2)[C@@H](C)CN([C@@H](C)CO)C(=O)c2cc(NC(=O)Nc3ccc4c(c3)OCO4)ccc2O1. The lowest BCUT2D eigenvalue weighted by molar-refractivity contribution is -0.0177. The van der Waals surface area contributed by atoms with Crippen molar-refractivity contribution in [2.45, 2.75) is 64.8 Å². The highest BCUT2D eigenvalue weighted by atomic mass is 35.5. The molecule has 0 unspecified atom stereocenters. The Morgan fingerprint density at radius 3 is 2.44 bits per heavy atom. The third-order valence-corrected chi connectivity index (χ3v) is 9.61. The Kier molecular flexibility index (Phi) is 13.1. The van der Waals surface area contributed by atoms with E-state index in [0.717, 1.165) is 24.8 Å². The highest BCUT2D eigenvalue weighted by Crippen LogP contribution is 2.34. The first-order chi connectivity index (χ1) is 24.0. The van der Waals surface area contributed by atoms with Crippen LogP contribution in [0.1, 0.15) is 56.0 Å². The number of aliphatic hydroxyl groups excluding tert-OH is 1. The van der Waals surface area contributed by atoms with Gasteiger partial charge >= 0.3 is 6.03 Å². The van der Waals surface area contributed by atoms with Crippen LogP contribution in [-0.2, 0) is 11.3 Å². The van der Waals surface area contributed by atoms with Crippen molar-refractivity contribution in [3.8, 4) is 17.2 Å². The molecule has 3 amide bonds. The highest BCUT2D eigenvalue weighted by molar-refractivity contribution is 6.42. The predicted molar refractivity (Wildman–Crippen MR) is 195 cm³/mol. The average molecular weight is 730 g/mol. The number of nitrogens with zero attached hydrogens (tertiary/aromatic N) is 2.